The minimum Gasteiger partial charge on any atom is -0.383 e. The normalized spacial score (nSPS) is 11.8. The third-order valence-corrected chi connectivity index (χ3v) is 2.05. The van der Waals surface area contributed by atoms with Crippen LogP contribution in [0.4, 0.5) is 5.69 Å². The van der Waals surface area contributed by atoms with E-state index in [1.165, 1.54) is 0 Å². The third kappa shape index (κ3) is 2.83. The van der Waals surface area contributed by atoms with E-state index < -0.39 is 0 Å². The fourth-order valence-electron chi connectivity index (χ4n) is 1.09. The fraction of sp³-hybridized carbons (Fsp3) is 0.333. The van der Waals surface area contributed by atoms with Crippen molar-refractivity contribution in [2.24, 2.45) is 0 Å². The van der Waals surface area contributed by atoms with Gasteiger partial charge >= 0.3 is 0 Å². The molecule has 0 fully saturated rings. The first-order chi connectivity index (χ1) is 6.26. The van der Waals surface area contributed by atoms with Crippen molar-refractivity contribution in [1.29, 1.82) is 0 Å². The molecule has 13 heavy (non-hydrogen) atoms. The molecule has 0 bridgehead atoms. The SMILES string of the molecule is C#Cc1cccc(NC(C)CC)c1. The van der Waals surface area contributed by atoms with E-state index in [0.29, 0.717) is 6.04 Å². The second-order valence-electron chi connectivity index (χ2n) is 3.18. The summed E-state index contributed by atoms with van der Waals surface area (Å²) in [5, 5.41) is 3.37. The van der Waals surface area contributed by atoms with Gasteiger partial charge in [0.2, 0.25) is 0 Å². The summed E-state index contributed by atoms with van der Waals surface area (Å²) in [7, 11) is 0. The molecule has 0 saturated heterocycles. The van der Waals surface area contributed by atoms with Crippen molar-refractivity contribution in [3.63, 3.8) is 0 Å². The summed E-state index contributed by atoms with van der Waals surface area (Å²) in [6.45, 7) is 4.31. The molecule has 68 valence electrons. The molecule has 0 aliphatic rings. The summed E-state index contributed by atoms with van der Waals surface area (Å²) in [6, 6.07) is 8.42. The lowest BCUT2D eigenvalue weighted by atomic mass is 10.2. The van der Waals surface area contributed by atoms with Crippen LogP contribution >= 0.6 is 0 Å². The largest absolute Gasteiger partial charge is 0.383 e. The summed E-state index contributed by atoms with van der Waals surface area (Å²) in [5.74, 6) is 2.62. The lowest BCUT2D eigenvalue weighted by Crippen LogP contribution is -2.13. The quantitative estimate of drug-likeness (QED) is 0.693. The molecule has 0 radical (unpaired) electrons. The van der Waals surface area contributed by atoms with E-state index in [-0.39, 0.29) is 0 Å². The summed E-state index contributed by atoms with van der Waals surface area (Å²) in [5.41, 5.74) is 2.03. The molecule has 1 atom stereocenters. The van der Waals surface area contributed by atoms with E-state index in [9.17, 15) is 0 Å². The van der Waals surface area contributed by atoms with Gasteiger partial charge in [-0.15, -0.1) is 6.42 Å². The molecular formula is C12H15N. The first-order valence-corrected chi connectivity index (χ1v) is 4.59. The molecule has 0 saturated carbocycles. The number of hydrogen-bond donors (Lipinski definition) is 1. The van der Waals surface area contributed by atoms with Crippen LogP contribution in [-0.2, 0) is 0 Å². The van der Waals surface area contributed by atoms with Crippen molar-refractivity contribution in [3.05, 3.63) is 29.8 Å². The Morgan fingerprint density at radius 3 is 2.92 bits per heavy atom. The summed E-state index contributed by atoms with van der Waals surface area (Å²) in [4.78, 5) is 0. The highest BCUT2D eigenvalue weighted by atomic mass is 14.9. The average molecular weight is 173 g/mol. The summed E-state index contributed by atoms with van der Waals surface area (Å²) < 4.78 is 0. The Morgan fingerprint density at radius 2 is 2.31 bits per heavy atom. The molecule has 0 aliphatic heterocycles. The second-order valence-corrected chi connectivity index (χ2v) is 3.18. The first-order valence-electron chi connectivity index (χ1n) is 4.59. The van der Waals surface area contributed by atoms with Crippen molar-refractivity contribution in [2.75, 3.05) is 5.32 Å². The Hall–Kier alpha value is -1.42. The number of hydrogen-bond acceptors (Lipinski definition) is 1. The predicted octanol–water partition coefficient (Wildman–Crippen LogP) is 2.88. The highest BCUT2D eigenvalue weighted by Crippen LogP contribution is 2.11. The maximum absolute atomic E-state index is 5.30. The molecule has 0 aliphatic carbocycles. The van der Waals surface area contributed by atoms with Gasteiger partial charge in [-0.25, -0.2) is 0 Å². The van der Waals surface area contributed by atoms with Crippen LogP contribution in [0.25, 0.3) is 0 Å². The number of anilines is 1. The van der Waals surface area contributed by atoms with Crippen LogP contribution < -0.4 is 5.32 Å². The Morgan fingerprint density at radius 1 is 1.54 bits per heavy atom. The molecule has 1 aromatic rings. The monoisotopic (exact) mass is 173 g/mol. The Bertz CT molecular complexity index is 309. The van der Waals surface area contributed by atoms with Crippen LogP contribution in [0, 0.1) is 12.3 Å². The van der Waals surface area contributed by atoms with E-state index in [2.05, 4.69) is 25.1 Å². The summed E-state index contributed by atoms with van der Waals surface area (Å²) >= 11 is 0. The molecule has 1 heteroatoms. The van der Waals surface area contributed by atoms with Gasteiger partial charge < -0.3 is 5.32 Å². The Labute approximate surface area is 80.2 Å². The molecule has 0 amide bonds. The first kappa shape index (κ1) is 9.67. The zero-order chi connectivity index (χ0) is 9.68. The molecule has 1 nitrogen and oxygen atoms in total. The van der Waals surface area contributed by atoms with E-state index in [0.717, 1.165) is 17.7 Å². The third-order valence-electron chi connectivity index (χ3n) is 2.05. The van der Waals surface area contributed by atoms with Crippen molar-refractivity contribution >= 4 is 5.69 Å². The van der Waals surface area contributed by atoms with E-state index in [4.69, 9.17) is 6.42 Å². The molecule has 0 heterocycles. The molecule has 0 aromatic heterocycles. The van der Waals surface area contributed by atoms with Gasteiger partial charge in [0, 0.05) is 17.3 Å². The predicted molar refractivity (Wildman–Crippen MR) is 57.8 cm³/mol. The zero-order valence-corrected chi connectivity index (χ0v) is 8.17. The molecule has 1 aromatic carbocycles. The maximum atomic E-state index is 5.30. The molecule has 1 rings (SSSR count). The van der Waals surface area contributed by atoms with E-state index in [1.54, 1.807) is 0 Å². The Balaban J connectivity index is 2.73. The topological polar surface area (TPSA) is 12.0 Å². The highest BCUT2D eigenvalue weighted by molar-refractivity contribution is 5.50. The maximum Gasteiger partial charge on any atom is 0.0354 e. The summed E-state index contributed by atoms with van der Waals surface area (Å²) in [6.07, 6.45) is 6.42. The molecule has 1 unspecified atom stereocenters. The van der Waals surface area contributed by atoms with Crippen LogP contribution in [0.1, 0.15) is 25.8 Å². The van der Waals surface area contributed by atoms with Crippen molar-refractivity contribution in [2.45, 2.75) is 26.3 Å². The lowest BCUT2D eigenvalue weighted by Gasteiger charge is -2.12. The van der Waals surface area contributed by atoms with Gasteiger partial charge in [-0.3, -0.25) is 0 Å². The standard InChI is InChI=1S/C12H15N/c1-4-10(3)13-12-8-6-7-11(5-2)9-12/h2,6-10,13H,4H2,1,3H3. The van der Waals surface area contributed by atoms with Gasteiger partial charge in [0.25, 0.3) is 0 Å². The minimum atomic E-state index is 0.494. The smallest absolute Gasteiger partial charge is 0.0354 e. The highest BCUT2D eigenvalue weighted by Gasteiger charge is 1.98. The van der Waals surface area contributed by atoms with E-state index >= 15 is 0 Å². The number of benzene rings is 1. The van der Waals surface area contributed by atoms with Crippen molar-refractivity contribution in [3.8, 4) is 12.3 Å². The van der Waals surface area contributed by atoms with Crippen molar-refractivity contribution < 1.29 is 0 Å². The van der Waals surface area contributed by atoms with Crippen LogP contribution in [0.3, 0.4) is 0 Å². The lowest BCUT2D eigenvalue weighted by molar-refractivity contribution is 0.764. The van der Waals surface area contributed by atoms with E-state index in [1.807, 2.05) is 24.3 Å². The van der Waals surface area contributed by atoms with Gasteiger partial charge in [-0.1, -0.05) is 18.9 Å². The van der Waals surface area contributed by atoms with Crippen LogP contribution in [0.2, 0.25) is 0 Å². The minimum absolute atomic E-state index is 0.494. The van der Waals surface area contributed by atoms with Crippen LogP contribution in [0.15, 0.2) is 24.3 Å². The number of terminal acetylenes is 1. The van der Waals surface area contributed by atoms with Crippen LogP contribution in [-0.4, -0.2) is 6.04 Å². The van der Waals surface area contributed by atoms with Crippen LogP contribution in [0.5, 0.6) is 0 Å². The van der Waals surface area contributed by atoms with Gasteiger partial charge in [0.05, 0.1) is 0 Å². The van der Waals surface area contributed by atoms with Gasteiger partial charge in [-0.05, 0) is 31.5 Å². The Kier molecular flexibility index (Phi) is 3.40. The van der Waals surface area contributed by atoms with Crippen molar-refractivity contribution in [1.82, 2.24) is 0 Å². The number of nitrogens with one attached hydrogen (secondary N) is 1. The molecule has 1 N–H and O–H groups in total. The van der Waals surface area contributed by atoms with Gasteiger partial charge in [0.1, 0.15) is 0 Å². The second kappa shape index (κ2) is 4.57. The molecule has 0 spiro atoms. The average Bonchev–Trinajstić information content (AvgIpc) is 2.18. The zero-order valence-electron chi connectivity index (χ0n) is 8.17. The van der Waals surface area contributed by atoms with Gasteiger partial charge in [0.15, 0.2) is 0 Å². The number of rotatable bonds is 3. The fourth-order valence-corrected chi connectivity index (χ4v) is 1.09. The van der Waals surface area contributed by atoms with Gasteiger partial charge in [-0.2, -0.15) is 0 Å². The molecular weight excluding hydrogens is 158 g/mol.